The third-order valence-corrected chi connectivity index (χ3v) is 4.75. The zero-order valence-electron chi connectivity index (χ0n) is 17.6. The summed E-state index contributed by atoms with van der Waals surface area (Å²) in [5.41, 5.74) is 0.825. The number of nitroso groups, excluding NO2 is 1. The monoisotopic (exact) mass is 410 g/mol. The number of phenols is 1. The normalized spacial score (nSPS) is 13.0. The van der Waals surface area contributed by atoms with Gasteiger partial charge in [-0.2, -0.15) is 0 Å². The minimum Gasteiger partial charge on any atom is -0.507 e. The molecule has 1 rings (SSSR count). The van der Waals surface area contributed by atoms with Crippen LogP contribution in [0.25, 0.3) is 0 Å². The van der Waals surface area contributed by atoms with E-state index in [2.05, 4.69) is 9.90 Å². The molecule has 156 valence electrons. The molecule has 0 aromatic heterocycles. The number of carbonyl (C=O) groups is 2. The molecule has 0 aliphatic carbocycles. The number of aromatic hydroxyl groups is 1. The molecule has 0 saturated heterocycles. The topological polar surface area (TPSA) is 105 Å². The van der Waals surface area contributed by atoms with Gasteiger partial charge in [0.15, 0.2) is 0 Å². The van der Waals surface area contributed by atoms with E-state index in [9.17, 15) is 19.6 Å². The summed E-state index contributed by atoms with van der Waals surface area (Å²) in [7, 11) is 0. The molecular weight excluding hydrogens is 380 g/mol. The molecule has 0 radical (unpaired) electrons. The third kappa shape index (κ3) is 6.22. The van der Waals surface area contributed by atoms with Gasteiger partial charge in [-0.15, -0.1) is 4.91 Å². The van der Waals surface area contributed by atoms with Gasteiger partial charge >= 0.3 is 5.97 Å². The molecular formula is C20H30N2O5S. The molecule has 0 spiro atoms. The van der Waals surface area contributed by atoms with E-state index in [1.807, 2.05) is 41.5 Å². The standard InChI is InChI=1S/C20H30N2O5S/c1-8-27-18(25)15(11-28-22-26)21-17(24)12-9-13(19(2,3)4)16(23)14(10-12)20(5,6)7/h9-10,15,23H,8,11H2,1-7H3,(H,21,24)/t15-/m0/s1. The number of carbonyl (C=O) groups excluding carboxylic acids is 2. The first-order chi connectivity index (χ1) is 12.8. The minimum absolute atomic E-state index is 0.0234. The summed E-state index contributed by atoms with van der Waals surface area (Å²) < 4.78 is 7.64. The summed E-state index contributed by atoms with van der Waals surface area (Å²) in [4.78, 5) is 35.4. The molecule has 2 N–H and O–H groups in total. The smallest absolute Gasteiger partial charge is 0.329 e. The first-order valence-electron chi connectivity index (χ1n) is 9.13. The van der Waals surface area contributed by atoms with Crippen LogP contribution < -0.4 is 5.32 Å². The van der Waals surface area contributed by atoms with Crippen molar-refractivity contribution in [3.8, 4) is 5.75 Å². The van der Waals surface area contributed by atoms with Crippen molar-refractivity contribution in [2.24, 2.45) is 4.58 Å². The highest BCUT2D eigenvalue weighted by atomic mass is 32.2. The molecule has 7 nitrogen and oxygen atoms in total. The highest BCUT2D eigenvalue weighted by Crippen LogP contribution is 2.39. The average molecular weight is 411 g/mol. The van der Waals surface area contributed by atoms with Crippen molar-refractivity contribution in [1.82, 2.24) is 5.32 Å². The number of phenolic OH excluding ortho intramolecular Hbond substituents is 1. The van der Waals surface area contributed by atoms with Gasteiger partial charge in [-0.05, 0) is 29.9 Å². The molecule has 0 fully saturated rings. The summed E-state index contributed by atoms with van der Waals surface area (Å²) in [5, 5.41) is 13.4. The average Bonchev–Trinajstić information content (AvgIpc) is 2.56. The van der Waals surface area contributed by atoms with Crippen molar-refractivity contribution in [2.45, 2.75) is 65.3 Å². The predicted octanol–water partition coefficient (Wildman–Crippen LogP) is 4.06. The Balaban J connectivity index is 3.34. The van der Waals surface area contributed by atoms with E-state index in [-0.39, 0.29) is 18.1 Å². The van der Waals surface area contributed by atoms with E-state index in [1.54, 1.807) is 19.1 Å². The van der Waals surface area contributed by atoms with Crippen LogP contribution in [0, 0.1) is 4.91 Å². The molecule has 0 unspecified atom stereocenters. The largest absolute Gasteiger partial charge is 0.507 e. The molecule has 28 heavy (non-hydrogen) atoms. The van der Waals surface area contributed by atoms with Crippen molar-refractivity contribution in [3.05, 3.63) is 33.7 Å². The van der Waals surface area contributed by atoms with Gasteiger partial charge in [0.05, 0.1) is 6.61 Å². The van der Waals surface area contributed by atoms with Gasteiger partial charge < -0.3 is 15.2 Å². The van der Waals surface area contributed by atoms with Gasteiger partial charge in [0.25, 0.3) is 5.91 Å². The number of nitrogens with one attached hydrogen (secondary N) is 1. The second-order valence-corrected chi connectivity index (χ2v) is 9.31. The lowest BCUT2D eigenvalue weighted by atomic mass is 9.78. The maximum absolute atomic E-state index is 12.9. The van der Waals surface area contributed by atoms with Crippen LogP contribution in [0.5, 0.6) is 5.75 Å². The van der Waals surface area contributed by atoms with Gasteiger partial charge in [0, 0.05) is 39.0 Å². The van der Waals surface area contributed by atoms with E-state index in [4.69, 9.17) is 4.74 Å². The van der Waals surface area contributed by atoms with E-state index in [0.29, 0.717) is 28.6 Å². The van der Waals surface area contributed by atoms with Crippen molar-refractivity contribution >= 4 is 23.8 Å². The number of benzene rings is 1. The van der Waals surface area contributed by atoms with E-state index < -0.39 is 28.7 Å². The van der Waals surface area contributed by atoms with Crippen LogP contribution in [0.2, 0.25) is 0 Å². The number of hydrogen-bond donors (Lipinski definition) is 2. The van der Waals surface area contributed by atoms with Crippen LogP contribution in [0.4, 0.5) is 0 Å². The number of esters is 1. The maximum atomic E-state index is 12.9. The lowest BCUT2D eigenvalue weighted by Crippen LogP contribution is -2.43. The molecule has 0 saturated carbocycles. The van der Waals surface area contributed by atoms with E-state index in [0.717, 1.165) is 0 Å². The first kappa shape index (κ1) is 23.9. The van der Waals surface area contributed by atoms with Crippen LogP contribution in [-0.2, 0) is 20.4 Å². The van der Waals surface area contributed by atoms with Crippen molar-refractivity contribution in [3.63, 3.8) is 0 Å². The predicted molar refractivity (Wildman–Crippen MR) is 112 cm³/mol. The number of nitrogens with zero attached hydrogens (tertiary/aromatic N) is 1. The first-order valence-corrected chi connectivity index (χ1v) is 10.1. The Morgan fingerprint density at radius 1 is 1.14 bits per heavy atom. The van der Waals surface area contributed by atoms with Crippen molar-refractivity contribution in [2.75, 3.05) is 12.4 Å². The Bertz CT molecular complexity index is 700. The maximum Gasteiger partial charge on any atom is 0.329 e. The Labute approximate surface area is 170 Å². The fourth-order valence-corrected chi connectivity index (χ4v) is 3.10. The van der Waals surface area contributed by atoms with Crippen LogP contribution in [0.3, 0.4) is 0 Å². The van der Waals surface area contributed by atoms with Crippen LogP contribution in [0.15, 0.2) is 16.7 Å². The van der Waals surface area contributed by atoms with E-state index in [1.165, 1.54) is 0 Å². The summed E-state index contributed by atoms with van der Waals surface area (Å²) in [6, 6.07) is 2.26. The van der Waals surface area contributed by atoms with Crippen molar-refractivity contribution < 1.29 is 19.4 Å². The Morgan fingerprint density at radius 2 is 1.64 bits per heavy atom. The molecule has 0 aliphatic heterocycles. The lowest BCUT2D eigenvalue weighted by Gasteiger charge is -2.28. The molecule has 8 heteroatoms. The molecule has 1 aromatic carbocycles. The van der Waals surface area contributed by atoms with Gasteiger partial charge in [-0.1, -0.05) is 41.5 Å². The molecule has 1 aromatic rings. The molecule has 0 heterocycles. The Kier molecular flexibility index (Phi) is 8.05. The summed E-state index contributed by atoms with van der Waals surface area (Å²) in [6.45, 7) is 13.5. The zero-order valence-corrected chi connectivity index (χ0v) is 18.4. The molecule has 1 atom stereocenters. The van der Waals surface area contributed by atoms with Crippen molar-refractivity contribution in [1.29, 1.82) is 0 Å². The Hall–Kier alpha value is -2.09. The fourth-order valence-electron chi connectivity index (χ4n) is 2.67. The third-order valence-electron chi connectivity index (χ3n) is 4.16. The lowest BCUT2D eigenvalue weighted by molar-refractivity contribution is -0.144. The second kappa shape index (κ2) is 9.41. The molecule has 1 amide bonds. The van der Waals surface area contributed by atoms with Crippen LogP contribution >= 0.6 is 11.9 Å². The quantitative estimate of drug-likeness (QED) is 0.399. The summed E-state index contributed by atoms with van der Waals surface area (Å²) >= 11 is 0.639. The van der Waals surface area contributed by atoms with Gasteiger partial charge in [-0.25, -0.2) is 4.79 Å². The highest BCUT2D eigenvalue weighted by molar-refractivity contribution is 7.97. The Morgan fingerprint density at radius 3 is 2.04 bits per heavy atom. The number of hydrogen-bond acceptors (Lipinski definition) is 7. The van der Waals surface area contributed by atoms with Gasteiger partial charge in [0.2, 0.25) is 0 Å². The number of rotatable bonds is 7. The highest BCUT2D eigenvalue weighted by Gasteiger charge is 2.29. The molecule has 0 aliphatic rings. The summed E-state index contributed by atoms with van der Waals surface area (Å²) in [5.74, 6) is -0.970. The van der Waals surface area contributed by atoms with E-state index >= 15 is 0 Å². The fraction of sp³-hybridized carbons (Fsp3) is 0.600. The number of ether oxygens (including phenoxy) is 1. The van der Waals surface area contributed by atoms with Gasteiger partial charge in [-0.3, -0.25) is 4.79 Å². The minimum atomic E-state index is -1.000. The van der Waals surface area contributed by atoms with Crippen LogP contribution in [-0.4, -0.2) is 35.4 Å². The SMILES string of the molecule is CCOC(=O)[C@H](CSN=O)NC(=O)c1cc(C(C)(C)C)c(O)c(C(C)(C)C)c1. The zero-order chi connectivity index (χ0) is 21.7. The molecule has 0 bridgehead atoms. The van der Waals surface area contributed by atoms with Crippen LogP contribution in [0.1, 0.15) is 70.0 Å². The number of amides is 1. The second-order valence-electron chi connectivity index (χ2n) is 8.57. The van der Waals surface area contributed by atoms with Gasteiger partial charge in [0.1, 0.15) is 11.8 Å². The summed E-state index contributed by atoms with van der Waals surface area (Å²) in [6.07, 6.45) is 0.